The van der Waals surface area contributed by atoms with Crippen molar-refractivity contribution < 1.29 is 18.3 Å². The fourth-order valence-corrected chi connectivity index (χ4v) is 3.33. The SMILES string of the molecule is Cc1cc(N(C2CC2)C2CCN(CC(O)C(F)(F)F)CC2)ncn1. The van der Waals surface area contributed by atoms with Gasteiger partial charge in [0.2, 0.25) is 0 Å². The van der Waals surface area contributed by atoms with Gasteiger partial charge in [-0.3, -0.25) is 0 Å². The lowest BCUT2D eigenvalue weighted by atomic mass is 10.0. The molecule has 0 amide bonds. The first-order valence-corrected chi connectivity index (χ1v) is 8.38. The number of aliphatic hydroxyl groups excluding tert-OH is 1. The summed E-state index contributed by atoms with van der Waals surface area (Å²) in [5.41, 5.74) is 0.913. The Kier molecular flexibility index (Phi) is 4.96. The van der Waals surface area contributed by atoms with Crippen LogP contribution in [-0.2, 0) is 0 Å². The highest BCUT2D eigenvalue weighted by molar-refractivity contribution is 5.43. The summed E-state index contributed by atoms with van der Waals surface area (Å²) in [5, 5.41) is 9.23. The summed E-state index contributed by atoms with van der Waals surface area (Å²) in [6, 6.07) is 2.74. The molecule has 0 radical (unpaired) electrons. The molecule has 2 heterocycles. The zero-order valence-corrected chi connectivity index (χ0v) is 13.7. The molecule has 134 valence electrons. The Labute approximate surface area is 139 Å². The van der Waals surface area contributed by atoms with E-state index in [0.29, 0.717) is 19.1 Å². The van der Waals surface area contributed by atoms with E-state index in [4.69, 9.17) is 0 Å². The number of aryl methyl sites for hydroxylation is 1. The summed E-state index contributed by atoms with van der Waals surface area (Å²) in [4.78, 5) is 12.5. The second-order valence-corrected chi connectivity index (χ2v) is 6.75. The molecule has 1 unspecified atom stereocenters. The van der Waals surface area contributed by atoms with Crippen molar-refractivity contribution in [2.24, 2.45) is 0 Å². The number of piperidine rings is 1. The van der Waals surface area contributed by atoms with Gasteiger partial charge in [0.25, 0.3) is 0 Å². The third kappa shape index (κ3) is 4.16. The van der Waals surface area contributed by atoms with Crippen LogP contribution < -0.4 is 4.90 Å². The van der Waals surface area contributed by atoms with E-state index in [2.05, 4.69) is 14.9 Å². The van der Waals surface area contributed by atoms with E-state index in [0.717, 1.165) is 37.2 Å². The molecular weight excluding hydrogens is 321 g/mol. The minimum Gasteiger partial charge on any atom is -0.382 e. The predicted molar refractivity (Wildman–Crippen MR) is 83.8 cm³/mol. The summed E-state index contributed by atoms with van der Waals surface area (Å²) < 4.78 is 37.4. The third-order valence-electron chi connectivity index (χ3n) is 4.75. The first-order valence-electron chi connectivity index (χ1n) is 8.38. The minimum atomic E-state index is -4.55. The summed E-state index contributed by atoms with van der Waals surface area (Å²) in [6.07, 6.45) is -1.41. The van der Waals surface area contributed by atoms with E-state index in [1.165, 1.54) is 0 Å². The van der Waals surface area contributed by atoms with Crippen LogP contribution >= 0.6 is 0 Å². The molecule has 0 spiro atoms. The van der Waals surface area contributed by atoms with Crippen molar-refractivity contribution in [3.63, 3.8) is 0 Å². The third-order valence-corrected chi connectivity index (χ3v) is 4.75. The van der Waals surface area contributed by atoms with Crippen molar-refractivity contribution in [1.82, 2.24) is 14.9 Å². The minimum absolute atomic E-state index is 0.283. The van der Waals surface area contributed by atoms with Crippen molar-refractivity contribution in [2.75, 3.05) is 24.5 Å². The zero-order valence-electron chi connectivity index (χ0n) is 13.7. The van der Waals surface area contributed by atoms with Crippen LogP contribution in [0.5, 0.6) is 0 Å². The molecule has 2 aliphatic rings. The number of rotatable bonds is 5. The second-order valence-electron chi connectivity index (χ2n) is 6.75. The van der Waals surface area contributed by atoms with Crippen LogP contribution in [0.25, 0.3) is 0 Å². The second kappa shape index (κ2) is 6.84. The van der Waals surface area contributed by atoms with Gasteiger partial charge in [0.1, 0.15) is 12.1 Å². The Bertz CT molecular complexity index is 556. The number of anilines is 1. The van der Waals surface area contributed by atoms with Gasteiger partial charge < -0.3 is 14.9 Å². The Morgan fingerprint density at radius 1 is 1.21 bits per heavy atom. The Hall–Kier alpha value is -1.41. The van der Waals surface area contributed by atoms with Crippen molar-refractivity contribution in [3.05, 3.63) is 18.1 Å². The van der Waals surface area contributed by atoms with Gasteiger partial charge in [-0.15, -0.1) is 0 Å². The van der Waals surface area contributed by atoms with Crippen LogP contribution in [-0.4, -0.2) is 64.0 Å². The molecule has 1 atom stereocenters. The molecule has 1 aliphatic carbocycles. The van der Waals surface area contributed by atoms with Crippen molar-refractivity contribution in [2.45, 2.75) is 57.0 Å². The fourth-order valence-electron chi connectivity index (χ4n) is 3.33. The Morgan fingerprint density at radius 2 is 1.83 bits per heavy atom. The molecule has 1 N–H and O–H groups in total. The molecular formula is C16H23F3N4O. The highest BCUT2D eigenvalue weighted by atomic mass is 19.4. The summed E-state index contributed by atoms with van der Waals surface area (Å²) >= 11 is 0. The summed E-state index contributed by atoms with van der Waals surface area (Å²) in [6.45, 7) is 2.71. The average molecular weight is 344 g/mol. The number of alkyl halides is 3. The number of aliphatic hydroxyl groups is 1. The lowest BCUT2D eigenvalue weighted by Gasteiger charge is -2.40. The molecule has 1 saturated carbocycles. The van der Waals surface area contributed by atoms with Gasteiger partial charge in [0, 0.05) is 43.5 Å². The van der Waals surface area contributed by atoms with Crippen LogP contribution in [0.4, 0.5) is 19.0 Å². The van der Waals surface area contributed by atoms with Gasteiger partial charge in [-0.2, -0.15) is 13.2 Å². The quantitative estimate of drug-likeness (QED) is 0.887. The number of β-amino-alcohol motifs (C(OH)–C–C–N with tert-alkyl or cyclic N) is 1. The van der Waals surface area contributed by atoms with Gasteiger partial charge in [-0.25, -0.2) is 9.97 Å². The molecule has 8 heteroatoms. The average Bonchev–Trinajstić information content (AvgIpc) is 3.33. The fraction of sp³-hybridized carbons (Fsp3) is 0.750. The summed E-state index contributed by atoms with van der Waals surface area (Å²) in [7, 11) is 0. The molecule has 0 bridgehead atoms. The van der Waals surface area contributed by atoms with E-state index >= 15 is 0 Å². The number of nitrogens with zero attached hydrogens (tertiary/aromatic N) is 4. The number of aromatic nitrogens is 2. The number of halogens is 3. The monoisotopic (exact) mass is 344 g/mol. The first kappa shape index (κ1) is 17.4. The summed E-state index contributed by atoms with van der Waals surface area (Å²) in [5.74, 6) is 0.916. The van der Waals surface area contributed by atoms with Gasteiger partial charge in [0.05, 0.1) is 0 Å². The Morgan fingerprint density at radius 3 is 2.38 bits per heavy atom. The van der Waals surface area contributed by atoms with Crippen LogP contribution in [0.1, 0.15) is 31.4 Å². The molecule has 0 aromatic carbocycles. The van der Waals surface area contributed by atoms with Crippen LogP contribution in [0.3, 0.4) is 0 Å². The molecule has 2 fully saturated rings. The van der Waals surface area contributed by atoms with Gasteiger partial charge in [0.15, 0.2) is 6.10 Å². The molecule has 3 rings (SSSR count). The van der Waals surface area contributed by atoms with Crippen molar-refractivity contribution >= 4 is 5.82 Å². The van der Waals surface area contributed by atoms with E-state index in [9.17, 15) is 18.3 Å². The van der Waals surface area contributed by atoms with E-state index in [1.807, 2.05) is 13.0 Å². The van der Waals surface area contributed by atoms with Crippen molar-refractivity contribution in [1.29, 1.82) is 0 Å². The van der Waals surface area contributed by atoms with E-state index in [-0.39, 0.29) is 12.6 Å². The number of likely N-dealkylation sites (tertiary alicyclic amines) is 1. The zero-order chi connectivity index (χ0) is 17.3. The molecule has 1 aliphatic heterocycles. The molecule has 24 heavy (non-hydrogen) atoms. The molecule has 1 aromatic rings. The largest absolute Gasteiger partial charge is 0.415 e. The van der Waals surface area contributed by atoms with Crippen LogP contribution in [0.2, 0.25) is 0 Å². The van der Waals surface area contributed by atoms with E-state index in [1.54, 1.807) is 11.2 Å². The first-order chi connectivity index (χ1) is 11.3. The molecule has 5 nitrogen and oxygen atoms in total. The lowest BCUT2D eigenvalue weighted by molar-refractivity contribution is -0.208. The van der Waals surface area contributed by atoms with Crippen LogP contribution in [0, 0.1) is 6.92 Å². The predicted octanol–water partition coefficient (Wildman–Crippen LogP) is 2.14. The van der Waals surface area contributed by atoms with Gasteiger partial charge in [-0.1, -0.05) is 0 Å². The molecule has 1 aromatic heterocycles. The topological polar surface area (TPSA) is 52.5 Å². The Balaban J connectivity index is 1.60. The maximum absolute atomic E-state index is 12.5. The highest BCUT2D eigenvalue weighted by Gasteiger charge is 2.41. The van der Waals surface area contributed by atoms with E-state index < -0.39 is 12.3 Å². The smallest absolute Gasteiger partial charge is 0.382 e. The normalized spacial score (nSPS) is 21.7. The van der Waals surface area contributed by atoms with Crippen molar-refractivity contribution in [3.8, 4) is 0 Å². The van der Waals surface area contributed by atoms with Crippen LogP contribution in [0.15, 0.2) is 12.4 Å². The standard InChI is InChI=1S/C16H23F3N4O/c1-11-8-15(21-10-20-11)23(12-2-3-12)13-4-6-22(7-5-13)9-14(24)16(17,18)19/h8,10,12-14,24H,2-7,9H2,1H3. The maximum atomic E-state index is 12.5. The molecule has 1 saturated heterocycles. The highest BCUT2D eigenvalue weighted by Crippen LogP contribution is 2.35. The van der Waals surface area contributed by atoms with Gasteiger partial charge >= 0.3 is 6.18 Å². The number of hydrogen-bond acceptors (Lipinski definition) is 5. The number of hydrogen-bond donors (Lipinski definition) is 1. The lowest BCUT2D eigenvalue weighted by Crippen LogP contribution is -2.49. The van der Waals surface area contributed by atoms with Gasteiger partial charge in [-0.05, 0) is 32.6 Å². The maximum Gasteiger partial charge on any atom is 0.415 e.